The zero-order valence-electron chi connectivity index (χ0n) is 11.3. The lowest BCUT2D eigenvalue weighted by atomic mass is 9.97. The van der Waals surface area contributed by atoms with Gasteiger partial charge in [-0.3, -0.25) is 10.1 Å². The predicted molar refractivity (Wildman–Crippen MR) is 72.7 cm³/mol. The monoisotopic (exact) mass is 266 g/mol. The van der Waals surface area contributed by atoms with E-state index >= 15 is 0 Å². The number of carboxylic acids is 1. The molecule has 0 aromatic heterocycles. The number of benzene rings is 1. The van der Waals surface area contributed by atoms with Crippen LogP contribution in [0.15, 0.2) is 18.2 Å². The summed E-state index contributed by atoms with van der Waals surface area (Å²) in [5, 5.41) is 23.1. The van der Waals surface area contributed by atoms with Gasteiger partial charge < -0.3 is 10.4 Å². The molecule has 0 aliphatic heterocycles. The van der Waals surface area contributed by atoms with Gasteiger partial charge in [-0.15, -0.1) is 0 Å². The van der Waals surface area contributed by atoms with E-state index in [0.717, 1.165) is 12.8 Å². The second-order valence-electron chi connectivity index (χ2n) is 5.02. The SMILES string of the molecule is CCCC(C)(C)Nc1c(C(=O)O)cccc1[N+](=O)[O-]. The molecule has 0 saturated carbocycles. The number of hydrogen-bond donors (Lipinski definition) is 2. The number of nitrogens with one attached hydrogen (secondary N) is 1. The number of carbonyl (C=O) groups is 1. The number of carboxylic acid groups (broad SMARTS) is 1. The molecule has 2 N–H and O–H groups in total. The van der Waals surface area contributed by atoms with Gasteiger partial charge in [-0.05, 0) is 26.3 Å². The van der Waals surface area contributed by atoms with Crippen LogP contribution in [0, 0.1) is 10.1 Å². The van der Waals surface area contributed by atoms with Crippen molar-refractivity contribution in [1.29, 1.82) is 0 Å². The summed E-state index contributed by atoms with van der Waals surface area (Å²) >= 11 is 0. The first-order chi connectivity index (χ1) is 8.78. The average molecular weight is 266 g/mol. The minimum absolute atomic E-state index is 0.0680. The maximum Gasteiger partial charge on any atom is 0.338 e. The number of rotatable bonds is 6. The third-order valence-electron chi connectivity index (χ3n) is 2.81. The van der Waals surface area contributed by atoms with E-state index in [-0.39, 0.29) is 16.9 Å². The van der Waals surface area contributed by atoms with Crippen molar-refractivity contribution < 1.29 is 14.8 Å². The Hall–Kier alpha value is -2.11. The normalized spacial score (nSPS) is 11.1. The Morgan fingerprint density at radius 2 is 2.11 bits per heavy atom. The molecule has 0 spiro atoms. The number of aromatic carboxylic acids is 1. The van der Waals surface area contributed by atoms with E-state index < -0.39 is 16.4 Å². The Balaban J connectivity index is 3.29. The van der Waals surface area contributed by atoms with Crippen molar-refractivity contribution in [2.24, 2.45) is 0 Å². The number of anilines is 1. The Morgan fingerprint density at radius 3 is 2.58 bits per heavy atom. The first-order valence-electron chi connectivity index (χ1n) is 6.07. The zero-order chi connectivity index (χ0) is 14.6. The number of nitro benzene ring substituents is 1. The maximum absolute atomic E-state index is 11.2. The van der Waals surface area contributed by atoms with Gasteiger partial charge >= 0.3 is 5.97 Å². The lowest BCUT2D eigenvalue weighted by Crippen LogP contribution is -2.31. The molecule has 1 aromatic carbocycles. The minimum Gasteiger partial charge on any atom is -0.478 e. The van der Waals surface area contributed by atoms with Crippen molar-refractivity contribution in [3.63, 3.8) is 0 Å². The van der Waals surface area contributed by atoms with Crippen molar-refractivity contribution in [3.8, 4) is 0 Å². The van der Waals surface area contributed by atoms with Crippen LogP contribution < -0.4 is 5.32 Å². The van der Waals surface area contributed by atoms with Crippen LogP contribution in [0.25, 0.3) is 0 Å². The average Bonchev–Trinajstić information content (AvgIpc) is 2.27. The van der Waals surface area contributed by atoms with Crippen molar-refractivity contribution in [1.82, 2.24) is 0 Å². The smallest absolute Gasteiger partial charge is 0.338 e. The number of hydrogen-bond acceptors (Lipinski definition) is 4. The summed E-state index contributed by atoms with van der Waals surface area (Å²) in [5.74, 6) is -1.18. The van der Waals surface area contributed by atoms with Crippen LogP contribution in [-0.4, -0.2) is 21.5 Å². The van der Waals surface area contributed by atoms with E-state index in [1.807, 2.05) is 20.8 Å². The van der Waals surface area contributed by atoms with Crippen molar-refractivity contribution >= 4 is 17.3 Å². The molecule has 0 unspecified atom stereocenters. The summed E-state index contributed by atoms with van der Waals surface area (Å²) in [6.07, 6.45) is 1.67. The van der Waals surface area contributed by atoms with Gasteiger partial charge in [-0.25, -0.2) is 4.79 Å². The lowest BCUT2D eigenvalue weighted by Gasteiger charge is -2.27. The Morgan fingerprint density at radius 1 is 1.47 bits per heavy atom. The van der Waals surface area contributed by atoms with Crippen LogP contribution in [0.4, 0.5) is 11.4 Å². The van der Waals surface area contributed by atoms with Crippen LogP contribution >= 0.6 is 0 Å². The molecule has 6 nitrogen and oxygen atoms in total. The third kappa shape index (κ3) is 3.67. The standard InChI is InChI=1S/C13H18N2O4/c1-4-8-13(2,3)14-11-9(12(16)17)6-5-7-10(11)15(18)19/h5-7,14H,4,8H2,1-3H3,(H,16,17). The molecule has 0 fully saturated rings. The number of para-hydroxylation sites is 1. The highest BCUT2D eigenvalue weighted by atomic mass is 16.6. The number of nitro groups is 1. The van der Waals surface area contributed by atoms with E-state index in [0.29, 0.717) is 0 Å². The molecule has 0 bridgehead atoms. The molecule has 0 aliphatic rings. The second-order valence-corrected chi connectivity index (χ2v) is 5.02. The highest BCUT2D eigenvalue weighted by molar-refractivity contribution is 5.97. The molecule has 0 heterocycles. The van der Waals surface area contributed by atoms with Crippen molar-refractivity contribution in [2.75, 3.05) is 5.32 Å². The fourth-order valence-electron chi connectivity index (χ4n) is 2.03. The fraction of sp³-hybridized carbons (Fsp3) is 0.462. The number of nitrogens with zero attached hydrogens (tertiary/aromatic N) is 1. The van der Waals surface area contributed by atoms with Gasteiger partial charge in [-0.1, -0.05) is 19.4 Å². The summed E-state index contributed by atoms with van der Waals surface area (Å²) in [5.41, 5.74) is -0.647. The van der Waals surface area contributed by atoms with Crippen LogP contribution in [-0.2, 0) is 0 Å². The van der Waals surface area contributed by atoms with Gasteiger partial charge in [0.15, 0.2) is 0 Å². The summed E-state index contributed by atoms with van der Waals surface area (Å²) in [6, 6.07) is 4.04. The molecule has 0 atom stereocenters. The Bertz CT molecular complexity index is 465. The van der Waals surface area contributed by atoms with Crippen LogP contribution in [0.5, 0.6) is 0 Å². The van der Waals surface area contributed by atoms with Gasteiger partial charge in [0.1, 0.15) is 5.69 Å². The van der Waals surface area contributed by atoms with E-state index in [2.05, 4.69) is 5.32 Å². The molecule has 0 amide bonds. The first-order valence-corrected chi connectivity index (χ1v) is 6.07. The van der Waals surface area contributed by atoms with E-state index in [9.17, 15) is 14.9 Å². The summed E-state index contributed by atoms with van der Waals surface area (Å²) in [4.78, 5) is 21.6. The van der Waals surface area contributed by atoms with E-state index in [1.54, 1.807) is 0 Å². The second kappa shape index (κ2) is 5.69. The summed E-state index contributed by atoms with van der Waals surface area (Å²) < 4.78 is 0. The fourth-order valence-corrected chi connectivity index (χ4v) is 2.03. The summed E-state index contributed by atoms with van der Waals surface area (Å²) in [6.45, 7) is 5.78. The van der Waals surface area contributed by atoms with Crippen molar-refractivity contribution in [3.05, 3.63) is 33.9 Å². The van der Waals surface area contributed by atoms with Gasteiger partial charge in [0.05, 0.1) is 10.5 Å². The zero-order valence-corrected chi connectivity index (χ0v) is 11.3. The molecule has 0 radical (unpaired) electrons. The van der Waals surface area contributed by atoms with E-state index in [1.165, 1.54) is 18.2 Å². The minimum atomic E-state index is -1.18. The predicted octanol–water partition coefficient (Wildman–Crippen LogP) is 3.28. The molecule has 0 saturated heterocycles. The van der Waals surface area contributed by atoms with Crippen LogP contribution in [0.3, 0.4) is 0 Å². The third-order valence-corrected chi connectivity index (χ3v) is 2.81. The lowest BCUT2D eigenvalue weighted by molar-refractivity contribution is -0.384. The quantitative estimate of drug-likeness (QED) is 0.608. The van der Waals surface area contributed by atoms with Gasteiger partial charge in [-0.2, -0.15) is 0 Å². The van der Waals surface area contributed by atoms with Gasteiger partial charge in [0, 0.05) is 11.6 Å². The van der Waals surface area contributed by atoms with Gasteiger partial charge in [0.2, 0.25) is 0 Å². The first kappa shape index (κ1) is 14.9. The molecular weight excluding hydrogens is 248 g/mol. The molecule has 19 heavy (non-hydrogen) atoms. The Kier molecular flexibility index (Phi) is 4.47. The molecule has 1 rings (SSSR count). The molecule has 104 valence electrons. The summed E-state index contributed by atoms with van der Waals surface area (Å²) in [7, 11) is 0. The van der Waals surface area contributed by atoms with Crippen LogP contribution in [0.1, 0.15) is 44.0 Å². The maximum atomic E-state index is 11.2. The van der Waals surface area contributed by atoms with Crippen LogP contribution in [0.2, 0.25) is 0 Å². The molecule has 0 aliphatic carbocycles. The van der Waals surface area contributed by atoms with E-state index in [4.69, 9.17) is 5.11 Å². The largest absolute Gasteiger partial charge is 0.478 e. The molecule has 6 heteroatoms. The molecular formula is C13H18N2O4. The highest BCUT2D eigenvalue weighted by Gasteiger charge is 2.26. The Labute approximate surface area is 111 Å². The van der Waals surface area contributed by atoms with Gasteiger partial charge in [0.25, 0.3) is 5.69 Å². The topological polar surface area (TPSA) is 92.5 Å². The van der Waals surface area contributed by atoms with Crippen molar-refractivity contribution in [2.45, 2.75) is 39.2 Å². The molecule has 1 aromatic rings. The highest BCUT2D eigenvalue weighted by Crippen LogP contribution is 2.32.